The minimum Gasteiger partial charge on any atom is -0.492 e. The second-order valence-corrected chi connectivity index (χ2v) is 7.85. The smallest absolute Gasteiger partial charge is 0.492 e. The number of ether oxygens (including phenoxy) is 2. The van der Waals surface area contributed by atoms with Crippen LogP contribution in [0.3, 0.4) is 0 Å². The van der Waals surface area contributed by atoms with Crippen molar-refractivity contribution in [1.82, 2.24) is 4.90 Å². The normalized spacial score (nSPS) is 15.3. The minimum absolute atomic E-state index is 0.177. The third-order valence-corrected chi connectivity index (χ3v) is 4.61. The van der Waals surface area contributed by atoms with Crippen LogP contribution in [-0.4, -0.2) is 38.3 Å². The van der Waals surface area contributed by atoms with E-state index in [0.717, 1.165) is 17.2 Å². The lowest BCUT2D eigenvalue weighted by atomic mass is 9.84. The number of rotatable bonds is 5. The van der Waals surface area contributed by atoms with Gasteiger partial charge in [-0.25, -0.2) is 0 Å². The summed E-state index contributed by atoms with van der Waals surface area (Å²) >= 11 is 0. The lowest BCUT2D eigenvalue weighted by Gasteiger charge is -2.20. The Morgan fingerprint density at radius 2 is 1.89 bits per heavy atom. The van der Waals surface area contributed by atoms with E-state index in [9.17, 15) is 18.0 Å². The molecule has 1 aliphatic rings. The van der Waals surface area contributed by atoms with E-state index in [1.807, 2.05) is 38.9 Å². The Bertz CT molecular complexity index is 904. The minimum atomic E-state index is -4.85. The summed E-state index contributed by atoms with van der Waals surface area (Å²) in [6.07, 6.45) is -4.25. The first-order valence-corrected chi connectivity index (χ1v) is 8.80. The number of halogens is 3. The molecule has 0 radical (unpaired) electrons. The second kappa shape index (κ2) is 7.13. The molecule has 0 saturated heterocycles. The van der Waals surface area contributed by atoms with Crippen molar-refractivity contribution in [3.05, 3.63) is 47.0 Å². The number of hydrogen-bond acceptors (Lipinski definition) is 4. The highest BCUT2D eigenvalue weighted by atomic mass is 19.4. The molecule has 0 aliphatic carbocycles. The monoisotopic (exact) mass is 393 g/mol. The summed E-state index contributed by atoms with van der Waals surface area (Å²) < 4.78 is 48.9. The van der Waals surface area contributed by atoms with Gasteiger partial charge in [-0.1, -0.05) is 19.9 Å². The lowest BCUT2D eigenvalue weighted by molar-refractivity contribution is -0.274. The molecule has 4 nitrogen and oxygen atoms in total. The molecule has 2 aromatic carbocycles. The predicted octanol–water partition coefficient (Wildman–Crippen LogP) is 4.80. The molecule has 0 unspecified atom stereocenters. The number of carbonyl (C=O) groups is 1. The van der Waals surface area contributed by atoms with E-state index in [1.165, 1.54) is 12.1 Å². The highest BCUT2D eigenvalue weighted by molar-refractivity contribution is 5.85. The van der Waals surface area contributed by atoms with Gasteiger partial charge in [-0.15, -0.1) is 13.2 Å². The zero-order valence-electron chi connectivity index (χ0n) is 16.2. The first-order valence-electron chi connectivity index (χ1n) is 8.80. The second-order valence-electron chi connectivity index (χ2n) is 7.85. The fourth-order valence-corrected chi connectivity index (χ4v) is 3.38. The number of nitrogens with zero attached hydrogens (tertiary/aromatic N) is 1. The van der Waals surface area contributed by atoms with Gasteiger partial charge in [0.05, 0.1) is 6.61 Å². The molecule has 3 rings (SSSR count). The van der Waals surface area contributed by atoms with Crippen LogP contribution < -0.4 is 9.47 Å². The van der Waals surface area contributed by atoms with E-state index in [0.29, 0.717) is 30.8 Å². The molecule has 7 heteroatoms. The maximum atomic E-state index is 12.9. The highest BCUT2D eigenvalue weighted by Crippen LogP contribution is 2.48. The summed E-state index contributed by atoms with van der Waals surface area (Å²) in [5, 5.41) is 0. The molecular formula is C21H22F3NO3. The molecule has 1 heterocycles. The third kappa shape index (κ3) is 4.14. The van der Waals surface area contributed by atoms with Gasteiger partial charge in [-0.2, -0.15) is 0 Å². The quantitative estimate of drug-likeness (QED) is 0.685. The predicted molar refractivity (Wildman–Crippen MR) is 99.9 cm³/mol. The van der Waals surface area contributed by atoms with Gasteiger partial charge in [-0.3, -0.25) is 4.79 Å². The standard InChI is InChI=1S/C21H22F3NO3/c1-20(2)12-27-19-16(8-14(9-17(19)20)10-25(3)4)15-7-13(11-26)5-6-18(15)28-21(22,23)24/h5-9,11H,10,12H2,1-4H3. The van der Waals surface area contributed by atoms with Crippen molar-refractivity contribution in [2.45, 2.75) is 32.2 Å². The molecule has 2 aromatic rings. The van der Waals surface area contributed by atoms with Crippen molar-refractivity contribution in [1.29, 1.82) is 0 Å². The van der Waals surface area contributed by atoms with Crippen molar-refractivity contribution in [2.75, 3.05) is 20.7 Å². The van der Waals surface area contributed by atoms with Crippen LogP contribution in [0.25, 0.3) is 11.1 Å². The van der Waals surface area contributed by atoms with Crippen molar-refractivity contribution in [2.24, 2.45) is 0 Å². The Labute approximate surface area is 161 Å². The Morgan fingerprint density at radius 3 is 2.50 bits per heavy atom. The molecule has 0 aromatic heterocycles. The van der Waals surface area contributed by atoms with E-state index < -0.39 is 6.36 Å². The number of hydrogen-bond donors (Lipinski definition) is 0. The van der Waals surface area contributed by atoms with Crippen LogP contribution in [0.15, 0.2) is 30.3 Å². The zero-order chi connectivity index (χ0) is 20.7. The topological polar surface area (TPSA) is 38.8 Å². The average molecular weight is 393 g/mol. The van der Waals surface area contributed by atoms with E-state index in [-0.39, 0.29) is 22.3 Å². The van der Waals surface area contributed by atoms with E-state index in [1.54, 1.807) is 6.07 Å². The molecule has 0 bridgehead atoms. The maximum absolute atomic E-state index is 12.9. The van der Waals surface area contributed by atoms with E-state index in [2.05, 4.69) is 4.74 Å². The van der Waals surface area contributed by atoms with E-state index in [4.69, 9.17) is 4.74 Å². The van der Waals surface area contributed by atoms with Gasteiger partial charge >= 0.3 is 6.36 Å². The lowest BCUT2D eigenvalue weighted by Crippen LogP contribution is -2.19. The van der Waals surface area contributed by atoms with Crippen molar-refractivity contribution in [3.8, 4) is 22.6 Å². The number of benzene rings is 2. The molecular weight excluding hydrogens is 371 g/mol. The van der Waals surface area contributed by atoms with Gasteiger partial charge < -0.3 is 14.4 Å². The Morgan fingerprint density at radius 1 is 1.18 bits per heavy atom. The molecule has 0 atom stereocenters. The molecule has 1 aliphatic heterocycles. The average Bonchev–Trinajstić information content (AvgIpc) is 2.88. The first kappa shape index (κ1) is 20.2. The maximum Gasteiger partial charge on any atom is 0.573 e. The Kier molecular flexibility index (Phi) is 5.14. The fourth-order valence-electron chi connectivity index (χ4n) is 3.38. The molecule has 150 valence electrons. The number of fused-ring (bicyclic) bond motifs is 1. The van der Waals surface area contributed by atoms with Crippen LogP contribution in [-0.2, 0) is 12.0 Å². The summed E-state index contributed by atoms with van der Waals surface area (Å²) in [7, 11) is 3.83. The summed E-state index contributed by atoms with van der Waals surface area (Å²) in [5.74, 6) is 0.165. The molecule has 0 amide bonds. The third-order valence-electron chi connectivity index (χ3n) is 4.61. The molecule has 0 fully saturated rings. The van der Waals surface area contributed by atoms with Gasteiger partial charge in [0, 0.05) is 34.2 Å². The van der Waals surface area contributed by atoms with E-state index >= 15 is 0 Å². The largest absolute Gasteiger partial charge is 0.573 e. The molecule has 0 saturated carbocycles. The summed E-state index contributed by atoms with van der Waals surface area (Å²) in [5.41, 5.74) is 2.51. The summed E-state index contributed by atoms with van der Waals surface area (Å²) in [4.78, 5) is 13.2. The van der Waals surface area contributed by atoms with Gasteiger partial charge in [0.1, 0.15) is 17.8 Å². The SMILES string of the molecule is CN(C)Cc1cc(-c2cc(C=O)ccc2OC(F)(F)F)c2c(c1)C(C)(C)CO2. The van der Waals surface area contributed by atoms with Gasteiger partial charge in [0.25, 0.3) is 0 Å². The number of alkyl halides is 3. The van der Waals surface area contributed by atoms with Crippen molar-refractivity contribution in [3.63, 3.8) is 0 Å². The van der Waals surface area contributed by atoms with Crippen LogP contribution >= 0.6 is 0 Å². The molecule has 0 N–H and O–H groups in total. The fraction of sp³-hybridized carbons (Fsp3) is 0.381. The van der Waals surface area contributed by atoms with Crippen LogP contribution in [0.5, 0.6) is 11.5 Å². The molecule has 28 heavy (non-hydrogen) atoms. The zero-order valence-corrected chi connectivity index (χ0v) is 16.2. The van der Waals surface area contributed by atoms with Gasteiger partial charge in [0.15, 0.2) is 0 Å². The van der Waals surface area contributed by atoms with Gasteiger partial charge in [-0.05, 0) is 43.9 Å². The van der Waals surface area contributed by atoms with Crippen LogP contribution in [0.4, 0.5) is 13.2 Å². The van der Waals surface area contributed by atoms with Crippen molar-refractivity contribution < 1.29 is 27.4 Å². The highest BCUT2D eigenvalue weighted by Gasteiger charge is 2.36. The summed E-state index contributed by atoms with van der Waals surface area (Å²) in [6, 6.07) is 7.69. The Hall–Kier alpha value is -2.54. The van der Waals surface area contributed by atoms with Crippen LogP contribution in [0.2, 0.25) is 0 Å². The first-order chi connectivity index (χ1) is 13.0. The van der Waals surface area contributed by atoms with Crippen LogP contribution in [0, 0.1) is 0 Å². The summed E-state index contributed by atoms with van der Waals surface area (Å²) in [6.45, 7) is 5.08. The Balaban J connectivity index is 2.25. The van der Waals surface area contributed by atoms with Gasteiger partial charge in [0.2, 0.25) is 0 Å². The van der Waals surface area contributed by atoms with Crippen molar-refractivity contribution >= 4 is 6.29 Å². The molecule has 0 spiro atoms. The number of aldehydes is 1. The number of carbonyl (C=O) groups excluding carboxylic acids is 1. The van der Waals surface area contributed by atoms with Crippen LogP contribution in [0.1, 0.15) is 35.3 Å².